The average Bonchev–Trinajstić information content (AvgIpc) is 2.28. The zero-order valence-electron chi connectivity index (χ0n) is 9.91. The number of halogens is 1. The van der Waals surface area contributed by atoms with Crippen LogP contribution in [0.1, 0.15) is 19.4 Å². The molecule has 0 radical (unpaired) electrons. The van der Waals surface area contributed by atoms with Crippen molar-refractivity contribution in [2.24, 2.45) is 0 Å². The molecule has 1 rings (SSSR count). The van der Waals surface area contributed by atoms with E-state index in [0.717, 1.165) is 5.56 Å². The van der Waals surface area contributed by atoms with Crippen molar-refractivity contribution in [3.8, 4) is 11.8 Å². The van der Waals surface area contributed by atoms with E-state index >= 15 is 0 Å². The summed E-state index contributed by atoms with van der Waals surface area (Å²) >= 11 is 5.76. The molecule has 4 heteroatoms. The third-order valence-corrected chi connectivity index (χ3v) is 2.11. The van der Waals surface area contributed by atoms with Crippen molar-refractivity contribution in [1.82, 2.24) is 0 Å². The minimum absolute atomic E-state index is 0.653. The first-order valence-electron chi connectivity index (χ1n) is 4.99. The van der Waals surface area contributed by atoms with E-state index in [0.29, 0.717) is 5.02 Å². The fraction of sp³-hybridized carbons (Fsp3) is 0.308. The molecule has 17 heavy (non-hydrogen) atoms. The fourth-order valence-corrected chi connectivity index (χ4v) is 1.16. The van der Waals surface area contributed by atoms with Gasteiger partial charge in [0.1, 0.15) is 0 Å². The Labute approximate surface area is 106 Å². The van der Waals surface area contributed by atoms with Gasteiger partial charge in [-0.3, -0.25) is 0 Å². The largest absolute Gasteiger partial charge is 0.509 e. The van der Waals surface area contributed by atoms with E-state index in [1.165, 1.54) is 7.11 Å². The van der Waals surface area contributed by atoms with Gasteiger partial charge in [-0.05, 0) is 38.1 Å². The molecule has 0 saturated heterocycles. The van der Waals surface area contributed by atoms with Crippen molar-refractivity contribution in [3.63, 3.8) is 0 Å². The Morgan fingerprint density at radius 2 is 1.88 bits per heavy atom. The molecular formula is C13H13ClO3. The summed E-state index contributed by atoms with van der Waals surface area (Å²) in [5.41, 5.74) is -0.0943. The molecule has 0 aliphatic carbocycles. The Bertz CT molecular complexity index is 452. The summed E-state index contributed by atoms with van der Waals surface area (Å²) in [6.07, 6.45) is -0.750. The fourth-order valence-electron chi connectivity index (χ4n) is 1.03. The molecule has 1 aromatic rings. The molecular weight excluding hydrogens is 240 g/mol. The lowest BCUT2D eigenvalue weighted by Gasteiger charge is -2.17. The zero-order valence-corrected chi connectivity index (χ0v) is 10.7. The van der Waals surface area contributed by atoms with Crippen molar-refractivity contribution in [2.75, 3.05) is 7.11 Å². The quantitative estimate of drug-likeness (QED) is 0.569. The van der Waals surface area contributed by atoms with Crippen LogP contribution >= 0.6 is 11.6 Å². The lowest BCUT2D eigenvalue weighted by molar-refractivity contribution is 0.0221. The van der Waals surface area contributed by atoms with Gasteiger partial charge in [-0.15, -0.1) is 0 Å². The SMILES string of the molecule is COC(=O)OC(C)(C)C#Cc1ccc(Cl)cc1. The molecule has 0 amide bonds. The Kier molecular flexibility index (Phi) is 4.42. The second-order valence-corrected chi connectivity index (χ2v) is 4.26. The Balaban J connectivity index is 2.76. The van der Waals surface area contributed by atoms with Gasteiger partial charge in [0, 0.05) is 10.6 Å². The molecule has 0 atom stereocenters. The summed E-state index contributed by atoms with van der Waals surface area (Å²) in [5, 5.41) is 0.653. The molecule has 0 saturated carbocycles. The molecule has 0 heterocycles. The first-order valence-corrected chi connectivity index (χ1v) is 5.36. The van der Waals surface area contributed by atoms with Crippen LogP contribution in [0.2, 0.25) is 5.02 Å². The Morgan fingerprint density at radius 3 is 2.41 bits per heavy atom. The Hall–Kier alpha value is -1.66. The Morgan fingerprint density at radius 1 is 1.29 bits per heavy atom. The summed E-state index contributed by atoms with van der Waals surface area (Å²) < 4.78 is 9.38. The number of ether oxygens (including phenoxy) is 2. The average molecular weight is 253 g/mol. The van der Waals surface area contributed by atoms with Gasteiger partial charge in [-0.2, -0.15) is 0 Å². The van der Waals surface area contributed by atoms with E-state index in [1.54, 1.807) is 38.1 Å². The monoisotopic (exact) mass is 252 g/mol. The number of rotatable bonds is 1. The standard InChI is InChI=1S/C13H13ClO3/c1-13(2,17-12(15)16-3)9-8-10-4-6-11(14)7-5-10/h4-7H,1-3H3. The molecule has 0 fully saturated rings. The smallest absolute Gasteiger partial charge is 0.438 e. The molecule has 1 aromatic carbocycles. The van der Waals surface area contributed by atoms with Gasteiger partial charge in [0.05, 0.1) is 7.11 Å². The summed E-state index contributed by atoms with van der Waals surface area (Å²) in [6.45, 7) is 3.37. The summed E-state index contributed by atoms with van der Waals surface area (Å²) in [5.74, 6) is 5.74. The van der Waals surface area contributed by atoms with Crippen molar-refractivity contribution < 1.29 is 14.3 Å². The molecule has 3 nitrogen and oxygen atoms in total. The normalized spacial score (nSPS) is 10.1. The highest BCUT2D eigenvalue weighted by molar-refractivity contribution is 6.30. The molecule has 90 valence electrons. The maximum Gasteiger partial charge on any atom is 0.509 e. The number of benzene rings is 1. The van der Waals surface area contributed by atoms with Crippen LogP contribution in [0.25, 0.3) is 0 Å². The van der Waals surface area contributed by atoms with Crippen LogP contribution in [0.5, 0.6) is 0 Å². The van der Waals surface area contributed by atoms with Crippen LogP contribution in [0.3, 0.4) is 0 Å². The molecule has 0 aliphatic heterocycles. The van der Waals surface area contributed by atoms with E-state index in [4.69, 9.17) is 16.3 Å². The number of carbonyl (C=O) groups is 1. The number of hydrogen-bond acceptors (Lipinski definition) is 3. The molecule has 0 aliphatic rings. The third kappa shape index (κ3) is 4.80. The minimum Gasteiger partial charge on any atom is -0.438 e. The second-order valence-electron chi connectivity index (χ2n) is 3.82. The van der Waals surface area contributed by atoms with Crippen LogP contribution in [0.4, 0.5) is 4.79 Å². The first kappa shape index (κ1) is 13.4. The molecule has 0 spiro atoms. The van der Waals surface area contributed by atoms with Crippen LogP contribution in [0.15, 0.2) is 24.3 Å². The molecule has 0 aromatic heterocycles. The molecule has 0 N–H and O–H groups in total. The number of hydrogen-bond donors (Lipinski definition) is 0. The van der Waals surface area contributed by atoms with Gasteiger partial charge in [0.15, 0.2) is 5.60 Å². The van der Waals surface area contributed by atoms with Crippen molar-refractivity contribution in [3.05, 3.63) is 34.9 Å². The maximum absolute atomic E-state index is 11.0. The van der Waals surface area contributed by atoms with Crippen LogP contribution in [0, 0.1) is 11.8 Å². The zero-order chi connectivity index (χ0) is 12.9. The van der Waals surface area contributed by atoms with Crippen molar-refractivity contribution in [2.45, 2.75) is 19.4 Å². The van der Waals surface area contributed by atoms with E-state index in [9.17, 15) is 4.79 Å². The second kappa shape index (κ2) is 5.60. The van der Waals surface area contributed by atoms with Gasteiger partial charge < -0.3 is 9.47 Å². The predicted octanol–water partition coefficient (Wildman–Crippen LogP) is 3.25. The number of carbonyl (C=O) groups excluding carboxylic acids is 1. The summed E-state index contributed by atoms with van der Waals surface area (Å²) in [6, 6.07) is 7.09. The van der Waals surface area contributed by atoms with Crippen LogP contribution in [-0.4, -0.2) is 18.9 Å². The number of methoxy groups -OCH3 is 1. The highest BCUT2D eigenvalue weighted by atomic mass is 35.5. The topological polar surface area (TPSA) is 35.5 Å². The van der Waals surface area contributed by atoms with Gasteiger partial charge >= 0.3 is 6.16 Å². The maximum atomic E-state index is 11.0. The summed E-state index contributed by atoms with van der Waals surface area (Å²) in [4.78, 5) is 11.0. The van der Waals surface area contributed by atoms with Gasteiger partial charge in [0.2, 0.25) is 0 Å². The third-order valence-electron chi connectivity index (χ3n) is 1.86. The lowest BCUT2D eigenvalue weighted by atomic mass is 10.1. The van der Waals surface area contributed by atoms with Gasteiger partial charge in [-0.1, -0.05) is 23.4 Å². The van der Waals surface area contributed by atoms with E-state index < -0.39 is 11.8 Å². The predicted molar refractivity (Wildman–Crippen MR) is 65.9 cm³/mol. The van der Waals surface area contributed by atoms with Crippen molar-refractivity contribution in [1.29, 1.82) is 0 Å². The van der Waals surface area contributed by atoms with Crippen LogP contribution in [-0.2, 0) is 9.47 Å². The van der Waals surface area contributed by atoms with Gasteiger partial charge in [-0.25, -0.2) is 4.79 Å². The van der Waals surface area contributed by atoms with E-state index in [-0.39, 0.29) is 0 Å². The van der Waals surface area contributed by atoms with Crippen LogP contribution < -0.4 is 0 Å². The molecule has 0 bridgehead atoms. The van der Waals surface area contributed by atoms with Crippen molar-refractivity contribution >= 4 is 17.8 Å². The first-order chi connectivity index (χ1) is 7.93. The molecule has 0 unspecified atom stereocenters. The van der Waals surface area contributed by atoms with E-state index in [2.05, 4.69) is 16.6 Å². The minimum atomic E-state index is -0.896. The summed E-state index contributed by atoms with van der Waals surface area (Å²) in [7, 11) is 1.25. The van der Waals surface area contributed by atoms with E-state index in [1.807, 2.05) is 0 Å². The highest BCUT2D eigenvalue weighted by Gasteiger charge is 2.20. The lowest BCUT2D eigenvalue weighted by Crippen LogP contribution is -2.26. The van der Waals surface area contributed by atoms with Gasteiger partial charge in [0.25, 0.3) is 0 Å². The highest BCUT2D eigenvalue weighted by Crippen LogP contribution is 2.11.